The van der Waals surface area contributed by atoms with Crippen molar-refractivity contribution in [2.75, 3.05) is 0 Å². The van der Waals surface area contributed by atoms with Gasteiger partial charge in [-0.05, 0) is 106 Å². The summed E-state index contributed by atoms with van der Waals surface area (Å²) in [7, 11) is 0. The van der Waals surface area contributed by atoms with Crippen molar-refractivity contribution in [2.24, 2.45) is 0 Å². The molecule has 9 aromatic carbocycles. The molecule has 0 saturated carbocycles. The monoisotopic (exact) mass is 596 g/mol. The lowest BCUT2D eigenvalue weighted by atomic mass is 9.84. The molecule has 0 spiro atoms. The second-order valence-electron chi connectivity index (χ2n) is 12.5. The quantitative estimate of drug-likeness (QED) is 0.173. The predicted octanol–water partition coefficient (Wildman–Crippen LogP) is 12.9. The maximum atomic E-state index is 2.44. The third-order valence-electron chi connectivity index (χ3n) is 9.61. The first-order chi connectivity index (χ1) is 23.3. The van der Waals surface area contributed by atoms with Crippen molar-refractivity contribution in [3.8, 4) is 33.4 Å². The van der Waals surface area contributed by atoms with E-state index >= 15 is 0 Å². The van der Waals surface area contributed by atoms with Crippen molar-refractivity contribution in [1.29, 1.82) is 0 Å². The minimum absolute atomic E-state index is 0.876. The molecule has 0 atom stereocenters. The molecule has 0 aliphatic heterocycles. The smallest absolute Gasteiger partial charge is 0.00253 e. The molecule has 0 nitrogen and oxygen atoms in total. The zero-order valence-electron chi connectivity index (χ0n) is 26.0. The number of hydrogen-bond acceptors (Lipinski definition) is 0. The average Bonchev–Trinajstić information content (AvgIpc) is 3.14. The summed E-state index contributed by atoms with van der Waals surface area (Å²) >= 11 is 0. The Labute approximate surface area is 275 Å². The van der Waals surface area contributed by atoms with Gasteiger partial charge < -0.3 is 0 Å². The summed E-state index contributed by atoms with van der Waals surface area (Å²) in [6, 6.07) is 66.8. The molecule has 0 heterocycles. The van der Waals surface area contributed by atoms with Crippen LogP contribution in [0.1, 0.15) is 11.1 Å². The zero-order chi connectivity index (χ0) is 31.2. The second kappa shape index (κ2) is 11.4. The summed E-state index contributed by atoms with van der Waals surface area (Å²) in [5.41, 5.74) is 10.2. The van der Waals surface area contributed by atoms with Gasteiger partial charge in [0.05, 0.1) is 0 Å². The molecule has 220 valence electrons. The predicted molar refractivity (Wildman–Crippen MR) is 202 cm³/mol. The molecule has 0 aromatic heterocycles. The molecule has 9 rings (SSSR count). The second-order valence-corrected chi connectivity index (χ2v) is 12.5. The van der Waals surface area contributed by atoms with Gasteiger partial charge in [-0.1, -0.05) is 170 Å². The molecule has 0 bridgehead atoms. The van der Waals surface area contributed by atoms with E-state index in [1.54, 1.807) is 0 Å². The highest BCUT2D eigenvalue weighted by Gasteiger charge is 2.17. The van der Waals surface area contributed by atoms with Crippen LogP contribution >= 0.6 is 0 Å². The van der Waals surface area contributed by atoms with E-state index in [2.05, 4.69) is 182 Å². The van der Waals surface area contributed by atoms with Crippen molar-refractivity contribution in [1.82, 2.24) is 0 Å². The van der Waals surface area contributed by atoms with Crippen molar-refractivity contribution < 1.29 is 0 Å². The molecule has 47 heavy (non-hydrogen) atoms. The Balaban J connectivity index is 1.22. The summed E-state index contributed by atoms with van der Waals surface area (Å²) in [5, 5.41) is 10.3. The molecule has 0 unspecified atom stereocenters. The van der Waals surface area contributed by atoms with Gasteiger partial charge in [0.15, 0.2) is 0 Å². The lowest BCUT2D eigenvalue weighted by Gasteiger charge is -2.19. The Morgan fingerprint density at radius 2 is 0.702 bits per heavy atom. The number of benzene rings is 9. The van der Waals surface area contributed by atoms with Crippen molar-refractivity contribution in [2.45, 2.75) is 6.42 Å². The van der Waals surface area contributed by atoms with E-state index in [1.165, 1.54) is 87.6 Å². The van der Waals surface area contributed by atoms with Crippen LogP contribution in [0.3, 0.4) is 0 Å². The summed E-state index contributed by atoms with van der Waals surface area (Å²) in [6.07, 6.45) is 0.876. The van der Waals surface area contributed by atoms with Crippen LogP contribution in [0.25, 0.3) is 76.5 Å². The highest BCUT2D eigenvalue weighted by atomic mass is 14.2. The first-order valence-electron chi connectivity index (χ1n) is 16.4. The van der Waals surface area contributed by atoms with Gasteiger partial charge in [-0.2, -0.15) is 0 Å². The Morgan fingerprint density at radius 3 is 1.40 bits per heavy atom. The van der Waals surface area contributed by atoms with Crippen LogP contribution in [0.5, 0.6) is 0 Å². The third kappa shape index (κ3) is 4.96. The lowest BCUT2D eigenvalue weighted by molar-refractivity contribution is 1.21. The van der Waals surface area contributed by atoms with Crippen molar-refractivity contribution in [3.05, 3.63) is 193 Å². The Hall–Kier alpha value is -5.98. The largest absolute Gasteiger partial charge is 0.0622 e. The summed E-state index contributed by atoms with van der Waals surface area (Å²) < 4.78 is 0. The van der Waals surface area contributed by atoms with Crippen molar-refractivity contribution >= 4 is 43.1 Å². The maximum Gasteiger partial charge on any atom is -0.00253 e. The molecular formula is C47H32. The fourth-order valence-corrected chi connectivity index (χ4v) is 7.36. The first kappa shape index (κ1) is 27.3. The van der Waals surface area contributed by atoms with Gasteiger partial charge in [0.1, 0.15) is 0 Å². The van der Waals surface area contributed by atoms with Gasteiger partial charge >= 0.3 is 0 Å². The molecule has 0 aliphatic carbocycles. The molecule has 0 heteroatoms. The Kier molecular flexibility index (Phi) is 6.65. The number of rotatable bonds is 5. The molecular weight excluding hydrogens is 565 g/mol. The van der Waals surface area contributed by atoms with Crippen molar-refractivity contribution in [3.63, 3.8) is 0 Å². The summed E-state index contributed by atoms with van der Waals surface area (Å²) in [6.45, 7) is 0. The summed E-state index contributed by atoms with van der Waals surface area (Å²) in [5.74, 6) is 0. The summed E-state index contributed by atoms with van der Waals surface area (Å²) in [4.78, 5) is 0. The Morgan fingerprint density at radius 1 is 0.255 bits per heavy atom. The zero-order valence-corrected chi connectivity index (χ0v) is 26.0. The van der Waals surface area contributed by atoms with Crippen LogP contribution in [0.4, 0.5) is 0 Å². The highest BCUT2D eigenvalue weighted by molar-refractivity contribution is 6.21. The maximum absolute atomic E-state index is 2.44. The molecule has 9 aromatic rings. The van der Waals surface area contributed by atoms with Gasteiger partial charge in [-0.15, -0.1) is 0 Å². The van der Waals surface area contributed by atoms with Crippen LogP contribution in [-0.2, 0) is 6.42 Å². The van der Waals surface area contributed by atoms with E-state index in [4.69, 9.17) is 0 Å². The molecule has 0 N–H and O–H groups in total. The minimum Gasteiger partial charge on any atom is -0.0622 e. The van der Waals surface area contributed by atoms with E-state index in [1.807, 2.05) is 0 Å². The van der Waals surface area contributed by atoms with Gasteiger partial charge in [0.2, 0.25) is 0 Å². The fourth-order valence-electron chi connectivity index (χ4n) is 7.36. The van der Waals surface area contributed by atoms with Crippen LogP contribution < -0.4 is 0 Å². The SMILES string of the molecule is c1ccc(-c2ccc(-c3c4ccccc4c(-c4ccccc4)c4cc(Cc5ccc6cc7ccccc7cc6c5)ccc34)cc2)cc1. The molecule has 0 radical (unpaired) electrons. The Bertz CT molecular complexity index is 2560. The van der Waals surface area contributed by atoms with E-state index in [-0.39, 0.29) is 0 Å². The van der Waals surface area contributed by atoms with E-state index in [9.17, 15) is 0 Å². The van der Waals surface area contributed by atoms with E-state index < -0.39 is 0 Å². The fraction of sp³-hybridized carbons (Fsp3) is 0.0213. The van der Waals surface area contributed by atoms with Gasteiger partial charge in [0.25, 0.3) is 0 Å². The molecule has 0 aliphatic rings. The minimum atomic E-state index is 0.876. The molecule has 0 fully saturated rings. The third-order valence-corrected chi connectivity index (χ3v) is 9.61. The van der Waals surface area contributed by atoms with Crippen LogP contribution in [0.2, 0.25) is 0 Å². The van der Waals surface area contributed by atoms with Gasteiger partial charge in [-0.3, -0.25) is 0 Å². The average molecular weight is 597 g/mol. The standard InChI is InChI=1S/C47H32/c1-3-11-34(12-4-1)35-22-24-37(25-23-35)46-42-17-9-10-18-43(42)47(36-13-5-2-6-14-36)45-29-33(20-26-44(45)46)27-32-19-21-40-30-38-15-7-8-16-39(38)31-41(40)28-32/h1-26,28-31H,27H2. The van der Waals surface area contributed by atoms with Gasteiger partial charge in [-0.25, -0.2) is 0 Å². The van der Waals surface area contributed by atoms with Gasteiger partial charge in [0, 0.05) is 0 Å². The van der Waals surface area contributed by atoms with Crippen LogP contribution in [-0.4, -0.2) is 0 Å². The van der Waals surface area contributed by atoms with E-state index in [0.29, 0.717) is 0 Å². The normalized spacial score (nSPS) is 11.5. The highest BCUT2D eigenvalue weighted by Crippen LogP contribution is 2.44. The van der Waals surface area contributed by atoms with E-state index in [0.717, 1.165) is 6.42 Å². The lowest BCUT2D eigenvalue weighted by Crippen LogP contribution is -1.94. The first-order valence-corrected chi connectivity index (χ1v) is 16.4. The molecule has 0 saturated heterocycles. The van der Waals surface area contributed by atoms with Crippen LogP contribution in [0, 0.1) is 0 Å². The molecule has 0 amide bonds. The van der Waals surface area contributed by atoms with Crippen LogP contribution in [0.15, 0.2) is 182 Å². The number of fused-ring (bicyclic) bond motifs is 4. The number of hydrogen-bond donors (Lipinski definition) is 0. The topological polar surface area (TPSA) is 0 Å².